The lowest BCUT2D eigenvalue weighted by atomic mass is 10.2. The molecule has 2 heterocycles. The van der Waals surface area contributed by atoms with E-state index in [1.807, 2.05) is 34.9 Å². The number of hydrogen-bond acceptors (Lipinski definition) is 4. The van der Waals surface area contributed by atoms with Gasteiger partial charge in [0.25, 0.3) is 5.91 Å². The van der Waals surface area contributed by atoms with Crippen LogP contribution in [0.1, 0.15) is 25.3 Å². The van der Waals surface area contributed by atoms with Crippen LogP contribution in [-0.4, -0.2) is 65.8 Å². The number of benzene rings is 1. The third-order valence-electron chi connectivity index (χ3n) is 4.80. The lowest BCUT2D eigenvalue weighted by molar-refractivity contribution is -0.145. The summed E-state index contributed by atoms with van der Waals surface area (Å²) in [5.74, 6) is 1.10. The van der Waals surface area contributed by atoms with Crippen molar-refractivity contribution in [2.45, 2.75) is 36.9 Å². The molecule has 3 rings (SSSR count). The lowest BCUT2D eigenvalue weighted by Crippen LogP contribution is -2.54. The highest BCUT2D eigenvalue weighted by atomic mass is 32.2. The van der Waals surface area contributed by atoms with E-state index in [4.69, 9.17) is 4.74 Å². The second-order valence-corrected chi connectivity index (χ2v) is 7.92. The van der Waals surface area contributed by atoms with E-state index >= 15 is 0 Å². The molecule has 6 heteroatoms. The van der Waals surface area contributed by atoms with Crippen LogP contribution in [0.5, 0.6) is 0 Å². The first kappa shape index (κ1) is 18.3. The summed E-state index contributed by atoms with van der Waals surface area (Å²) >= 11 is 1.67. The normalized spacial score (nSPS) is 22.0. The molecule has 136 valence electrons. The number of ether oxygens (including phenoxy) is 1. The Kier molecular flexibility index (Phi) is 6.37. The molecule has 1 aromatic carbocycles. The van der Waals surface area contributed by atoms with E-state index in [1.54, 1.807) is 11.8 Å². The van der Waals surface area contributed by atoms with E-state index in [9.17, 15) is 9.59 Å². The molecule has 0 aliphatic carbocycles. The van der Waals surface area contributed by atoms with E-state index in [2.05, 4.69) is 12.1 Å². The van der Waals surface area contributed by atoms with Crippen LogP contribution in [0.2, 0.25) is 0 Å². The van der Waals surface area contributed by atoms with E-state index in [0.717, 1.165) is 18.6 Å². The Balaban J connectivity index is 1.43. The average Bonchev–Trinajstić information content (AvgIpc) is 3.20. The topological polar surface area (TPSA) is 49.9 Å². The van der Waals surface area contributed by atoms with Crippen LogP contribution in [0.15, 0.2) is 30.3 Å². The Labute approximate surface area is 153 Å². The molecule has 0 saturated carbocycles. The maximum Gasteiger partial charge on any atom is 0.251 e. The molecule has 0 bridgehead atoms. The molecule has 2 atom stereocenters. The standard InChI is InChI=1S/C19H26N2O3S/c1-15(25-14-16-6-3-2-4-7-16)18(22)20-9-11-21(12-10-20)19(23)17-8-5-13-24-17/h2-4,6-7,15,17H,5,8-14H2,1H3. The van der Waals surface area contributed by atoms with Gasteiger partial charge in [-0.1, -0.05) is 30.3 Å². The van der Waals surface area contributed by atoms with Gasteiger partial charge in [0.05, 0.1) is 5.25 Å². The largest absolute Gasteiger partial charge is 0.368 e. The van der Waals surface area contributed by atoms with Gasteiger partial charge in [0.1, 0.15) is 6.10 Å². The summed E-state index contributed by atoms with van der Waals surface area (Å²) in [5, 5.41) is -0.0689. The zero-order valence-corrected chi connectivity index (χ0v) is 15.5. The molecule has 2 unspecified atom stereocenters. The Morgan fingerprint density at radius 2 is 1.84 bits per heavy atom. The summed E-state index contributed by atoms with van der Waals surface area (Å²) < 4.78 is 5.48. The number of thioether (sulfide) groups is 1. The minimum absolute atomic E-state index is 0.0689. The first-order chi connectivity index (χ1) is 12.1. The van der Waals surface area contributed by atoms with Crippen molar-refractivity contribution in [2.75, 3.05) is 32.8 Å². The SMILES string of the molecule is CC(SCc1ccccc1)C(=O)N1CCN(C(=O)C2CCCO2)CC1. The van der Waals surface area contributed by atoms with Crippen LogP contribution < -0.4 is 0 Å². The van der Waals surface area contributed by atoms with Crippen molar-refractivity contribution < 1.29 is 14.3 Å². The summed E-state index contributed by atoms with van der Waals surface area (Å²) in [6, 6.07) is 10.2. The maximum absolute atomic E-state index is 12.6. The van der Waals surface area contributed by atoms with E-state index in [1.165, 1.54) is 5.56 Å². The molecule has 2 saturated heterocycles. The molecule has 25 heavy (non-hydrogen) atoms. The predicted molar refractivity (Wildman–Crippen MR) is 99.3 cm³/mol. The first-order valence-electron chi connectivity index (χ1n) is 9.00. The number of hydrogen-bond donors (Lipinski definition) is 0. The second-order valence-electron chi connectivity index (χ2n) is 6.59. The predicted octanol–water partition coefficient (Wildman–Crippen LogP) is 2.16. The Morgan fingerprint density at radius 3 is 2.48 bits per heavy atom. The number of amides is 2. The number of carbonyl (C=O) groups is 2. The van der Waals surface area contributed by atoms with Gasteiger partial charge in [-0.3, -0.25) is 9.59 Å². The molecule has 5 nitrogen and oxygen atoms in total. The van der Waals surface area contributed by atoms with Crippen molar-refractivity contribution in [1.29, 1.82) is 0 Å². The summed E-state index contributed by atoms with van der Waals surface area (Å²) in [4.78, 5) is 28.7. The fourth-order valence-corrected chi connectivity index (χ4v) is 4.17. The summed E-state index contributed by atoms with van der Waals surface area (Å²) in [6.07, 6.45) is 1.53. The molecule has 2 aliphatic heterocycles. The van der Waals surface area contributed by atoms with Gasteiger partial charge in [0.2, 0.25) is 5.91 Å². The molecule has 2 aliphatic rings. The third kappa shape index (κ3) is 4.76. The number of carbonyl (C=O) groups excluding carboxylic acids is 2. The van der Waals surface area contributed by atoms with Crippen LogP contribution in [-0.2, 0) is 20.1 Å². The minimum Gasteiger partial charge on any atom is -0.368 e. The van der Waals surface area contributed by atoms with Crippen molar-refractivity contribution in [3.05, 3.63) is 35.9 Å². The molecule has 2 amide bonds. The van der Waals surface area contributed by atoms with Gasteiger partial charge in [-0.15, -0.1) is 11.8 Å². The fraction of sp³-hybridized carbons (Fsp3) is 0.579. The van der Waals surface area contributed by atoms with Crippen LogP contribution >= 0.6 is 11.8 Å². The fourth-order valence-electron chi connectivity index (χ4n) is 3.25. The number of rotatable bonds is 5. The highest BCUT2D eigenvalue weighted by Gasteiger charge is 2.32. The maximum atomic E-state index is 12.6. The van der Waals surface area contributed by atoms with Crippen LogP contribution in [0, 0.1) is 0 Å². The Bertz CT molecular complexity index is 582. The molecule has 2 fully saturated rings. The zero-order valence-electron chi connectivity index (χ0n) is 14.7. The molecule has 0 aromatic heterocycles. The Hall–Kier alpha value is -1.53. The van der Waals surface area contributed by atoms with Crippen LogP contribution in [0.3, 0.4) is 0 Å². The third-order valence-corrected chi connectivity index (χ3v) is 6.00. The lowest BCUT2D eigenvalue weighted by Gasteiger charge is -2.36. The van der Waals surface area contributed by atoms with Gasteiger partial charge in [-0.2, -0.15) is 0 Å². The van der Waals surface area contributed by atoms with Crippen molar-refractivity contribution in [1.82, 2.24) is 9.80 Å². The highest BCUT2D eigenvalue weighted by molar-refractivity contribution is 7.99. The average molecular weight is 362 g/mol. The summed E-state index contributed by atoms with van der Waals surface area (Å²) in [7, 11) is 0. The molecule has 0 N–H and O–H groups in total. The second kappa shape index (κ2) is 8.72. The number of piperazine rings is 1. The van der Waals surface area contributed by atoms with Crippen molar-refractivity contribution >= 4 is 23.6 Å². The smallest absolute Gasteiger partial charge is 0.251 e. The van der Waals surface area contributed by atoms with Gasteiger partial charge in [-0.25, -0.2) is 0 Å². The summed E-state index contributed by atoms with van der Waals surface area (Å²) in [5.41, 5.74) is 1.24. The van der Waals surface area contributed by atoms with Crippen LogP contribution in [0.4, 0.5) is 0 Å². The molecule has 0 spiro atoms. The Morgan fingerprint density at radius 1 is 1.16 bits per heavy atom. The van der Waals surface area contributed by atoms with Gasteiger partial charge < -0.3 is 14.5 Å². The van der Waals surface area contributed by atoms with Gasteiger partial charge in [0, 0.05) is 38.5 Å². The van der Waals surface area contributed by atoms with Crippen molar-refractivity contribution in [2.24, 2.45) is 0 Å². The van der Waals surface area contributed by atoms with Gasteiger partial charge >= 0.3 is 0 Å². The minimum atomic E-state index is -0.261. The molecule has 1 aromatic rings. The molecular formula is C19H26N2O3S. The van der Waals surface area contributed by atoms with E-state index < -0.39 is 0 Å². The van der Waals surface area contributed by atoms with Crippen molar-refractivity contribution in [3.63, 3.8) is 0 Å². The van der Waals surface area contributed by atoms with Crippen LogP contribution in [0.25, 0.3) is 0 Å². The van der Waals surface area contributed by atoms with Gasteiger partial charge in [-0.05, 0) is 25.3 Å². The van der Waals surface area contributed by atoms with E-state index in [-0.39, 0.29) is 23.2 Å². The zero-order chi connectivity index (χ0) is 17.6. The monoisotopic (exact) mass is 362 g/mol. The molecule has 0 radical (unpaired) electrons. The van der Waals surface area contributed by atoms with Crippen molar-refractivity contribution in [3.8, 4) is 0 Å². The van der Waals surface area contributed by atoms with Gasteiger partial charge in [0.15, 0.2) is 0 Å². The molecular weight excluding hydrogens is 336 g/mol. The highest BCUT2D eigenvalue weighted by Crippen LogP contribution is 2.21. The summed E-state index contributed by atoms with van der Waals surface area (Å²) in [6.45, 7) is 5.12. The van der Waals surface area contributed by atoms with E-state index in [0.29, 0.717) is 32.8 Å². The quantitative estimate of drug-likeness (QED) is 0.805. The first-order valence-corrected chi connectivity index (χ1v) is 10.0. The number of nitrogens with zero attached hydrogens (tertiary/aromatic N) is 2.